The third-order valence-corrected chi connectivity index (χ3v) is 8.41. The first-order valence-electron chi connectivity index (χ1n) is 16.4. The molecule has 226 valence electrons. The van der Waals surface area contributed by atoms with Crippen molar-refractivity contribution in [3.05, 3.63) is 108 Å². The van der Waals surface area contributed by atoms with Gasteiger partial charge in [0, 0.05) is 19.5 Å². The zero-order valence-electron chi connectivity index (χ0n) is 25.7. The van der Waals surface area contributed by atoms with Crippen LogP contribution in [0.5, 0.6) is 0 Å². The van der Waals surface area contributed by atoms with Crippen LogP contribution >= 0.6 is 0 Å². The number of rotatable bonds is 20. The Bertz CT molecular complexity index is 1120. The molecular formula is C38H51NO3. The molecule has 3 aromatic carbocycles. The summed E-state index contributed by atoms with van der Waals surface area (Å²) < 4.78 is 13.1. The number of hydrogen-bond donors (Lipinski definition) is 0. The van der Waals surface area contributed by atoms with E-state index in [9.17, 15) is 4.79 Å². The summed E-state index contributed by atoms with van der Waals surface area (Å²) in [6, 6.07) is 30.7. The lowest BCUT2D eigenvalue weighted by Crippen LogP contribution is -2.44. The lowest BCUT2D eigenvalue weighted by atomic mass is 9.99. The molecule has 4 rings (SSSR count). The van der Waals surface area contributed by atoms with Gasteiger partial charge >= 0.3 is 0 Å². The van der Waals surface area contributed by atoms with Gasteiger partial charge in [-0.3, -0.25) is 9.69 Å². The van der Waals surface area contributed by atoms with Crippen molar-refractivity contribution in [3.8, 4) is 0 Å². The van der Waals surface area contributed by atoms with Crippen molar-refractivity contribution in [2.24, 2.45) is 0 Å². The molecule has 4 heteroatoms. The number of hydrogen-bond acceptors (Lipinski definition) is 4. The number of benzene rings is 3. The Labute approximate surface area is 254 Å². The molecule has 3 aromatic rings. The van der Waals surface area contributed by atoms with Crippen LogP contribution in [-0.2, 0) is 34.0 Å². The van der Waals surface area contributed by atoms with Crippen LogP contribution in [0, 0.1) is 0 Å². The number of unbranched alkanes of at least 4 members (excludes halogenated alkanes) is 9. The average Bonchev–Trinajstić information content (AvgIpc) is 3.38. The van der Waals surface area contributed by atoms with Crippen molar-refractivity contribution in [2.75, 3.05) is 6.54 Å². The maximum atomic E-state index is 13.9. The number of ketones is 1. The van der Waals surface area contributed by atoms with Gasteiger partial charge in [0.15, 0.2) is 5.78 Å². The highest BCUT2D eigenvalue weighted by atomic mass is 16.5. The van der Waals surface area contributed by atoms with E-state index in [2.05, 4.69) is 60.4 Å². The lowest BCUT2D eigenvalue weighted by molar-refractivity contribution is -0.131. The molecule has 0 spiro atoms. The minimum absolute atomic E-state index is 0.181. The molecule has 1 heterocycles. The number of nitrogens with zero attached hydrogens (tertiary/aromatic N) is 1. The average molecular weight is 570 g/mol. The Kier molecular flexibility index (Phi) is 14.3. The molecule has 0 aliphatic carbocycles. The van der Waals surface area contributed by atoms with Crippen molar-refractivity contribution in [3.63, 3.8) is 0 Å². The highest BCUT2D eigenvalue weighted by molar-refractivity contribution is 5.85. The standard InChI is InChI=1S/C38H51NO3/c1-2-3-4-5-6-7-8-9-10-20-27-35(40)37-38(42-31-34-25-18-13-19-26-34)36(41-30-33-23-16-12-17-24-33)29-39(37)28-32-21-14-11-15-22-32/h11-19,21-26,36-38H,2-10,20,27-31H2,1H3/t36-,37?,38+/m1/s1. The van der Waals surface area contributed by atoms with Crippen LogP contribution in [0.2, 0.25) is 0 Å². The Hall–Kier alpha value is -2.79. The topological polar surface area (TPSA) is 38.8 Å². The normalized spacial score (nSPS) is 18.8. The number of carbonyl (C=O) groups excluding carboxylic acids is 1. The summed E-state index contributed by atoms with van der Waals surface area (Å²) in [4.78, 5) is 16.3. The first-order chi connectivity index (χ1) is 20.7. The van der Waals surface area contributed by atoms with E-state index >= 15 is 0 Å². The van der Waals surface area contributed by atoms with Crippen LogP contribution in [0.3, 0.4) is 0 Å². The van der Waals surface area contributed by atoms with E-state index in [0.29, 0.717) is 32.7 Å². The fraction of sp³-hybridized carbons (Fsp3) is 0.500. The van der Waals surface area contributed by atoms with Gasteiger partial charge in [-0.15, -0.1) is 0 Å². The minimum Gasteiger partial charge on any atom is -0.369 e. The molecule has 0 N–H and O–H groups in total. The Morgan fingerprint density at radius 2 is 1.12 bits per heavy atom. The second-order valence-electron chi connectivity index (χ2n) is 11.9. The van der Waals surface area contributed by atoms with E-state index in [4.69, 9.17) is 9.47 Å². The van der Waals surface area contributed by atoms with Gasteiger partial charge in [0.05, 0.1) is 25.4 Å². The number of Topliss-reactive ketones (excluding diaryl/α,β-unsaturated/α-hetero) is 1. The smallest absolute Gasteiger partial charge is 0.152 e. The summed E-state index contributed by atoms with van der Waals surface area (Å²) in [5.74, 6) is 0.286. The molecule has 1 unspecified atom stereocenters. The first kappa shape index (κ1) is 32.1. The maximum Gasteiger partial charge on any atom is 0.152 e. The molecule has 0 bridgehead atoms. The van der Waals surface area contributed by atoms with Gasteiger partial charge in [-0.05, 0) is 23.1 Å². The fourth-order valence-corrected chi connectivity index (χ4v) is 6.05. The summed E-state index contributed by atoms with van der Waals surface area (Å²) in [7, 11) is 0. The highest BCUT2D eigenvalue weighted by Gasteiger charge is 2.46. The van der Waals surface area contributed by atoms with Crippen molar-refractivity contribution in [2.45, 2.75) is 116 Å². The molecule has 4 nitrogen and oxygen atoms in total. The maximum absolute atomic E-state index is 13.9. The van der Waals surface area contributed by atoms with E-state index < -0.39 is 0 Å². The van der Waals surface area contributed by atoms with Crippen LogP contribution in [0.15, 0.2) is 91.0 Å². The highest BCUT2D eigenvalue weighted by Crippen LogP contribution is 2.30. The zero-order chi connectivity index (χ0) is 29.2. The monoisotopic (exact) mass is 569 g/mol. The molecule has 1 fully saturated rings. The largest absolute Gasteiger partial charge is 0.369 e. The number of carbonyl (C=O) groups is 1. The molecular weight excluding hydrogens is 518 g/mol. The predicted octanol–water partition coefficient (Wildman–Crippen LogP) is 8.92. The zero-order valence-corrected chi connectivity index (χ0v) is 25.7. The number of likely N-dealkylation sites (tertiary alicyclic amines) is 1. The van der Waals surface area contributed by atoms with Crippen molar-refractivity contribution in [1.82, 2.24) is 4.90 Å². The Morgan fingerprint density at radius 1 is 0.643 bits per heavy atom. The third-order valence-electron chi connectivity index (χ3n) is 8.41. The molecule has 0 saturated carbocycles. The van der Waals surface area contributed by atoms with Crippen LogP contribution in [0.1, 0.15) is 94.2 Å². The van der Waals surface area contributed by atoms with Gasteiger partial charge in [-0.1, -0.05) is 156 Å². The van der Waals surface area contributed by atoms with Crippen LogP contribution < -0.4 is 0 Å². The second kappa shape index (κ2) is 18.7. The molecule has 1 aliphatic heterocycles. The quantitative estimate of drug-likeness (QED) is 0.127. The second-order valence-corrected chi connectivity index (χ2v) is 11.9. The molecule has 0 radical (unpaired) electrons. The summed E-state index contributed by atoms with van der Waals surface area (Å²) >= 11 is 0. The Morgan fingerprint density at radius 3 is 1.67 bits per heavy atom. The molecule has 42 heavy (non-hydrogen) atoms. The SMILES string of the molecule is CCCCCCCCCCCCC(=O)C1[C@@H](OCc2ccccc2)[C@H](OCc2ccccc2)CN1Cc1ccccc1. The number of ether oxygens (including phenoxy) is 2. The van der Waals surface area contributed by atoms with Gasteiger partial charge in [-0.2, -0.15) is 0 Å². The van der Waals surface area contributed by atoms with Gasteiger partial charge in [0.25, 0.3) is 0 Å². The van der Waals surface area contributed by atoms with E-state index in [1.165, 1.54) is 56.9 Å². The van der Waals surface area contributed by atoms with Gasteiger partial charge in [0.2, 0.25) is 0 Å². The Balaban J connectivity index is 1.40. The summed E-state index contributed by atoms with van der Waals surface area (Å²) in [6.07, 6.45) is 12.7. The predicted molar refractivity (Wildman–Crippen MR) is 172 cm³/mol. The van der Waals surface area contributed by atoms with E-state index in [1.807, 2.05) is 42.5 Å². The van der Waals surface area contributed by atoms with Crippen molar-refractivity contribution >= 4 is 5.78 Å². The van der Waals surface area contributed by atoms with E-state index in [-0.39, 0.29) is 24.0 Å². The van der Waals surface area contributed by atoms with Gasteiger partial charge in [0.1, 0.15) is 6.10 Å². The van der Waals surface area contributed by atoms with E-state index in [0.717, 1.165) is 24.0 Å². The lowest BCUT2D eigenvalue weighted by Gasteiger charge is -2.28. The fourth-order valence-electron chi connectivity index (χ4n) is 6.05. The van der Waals surface area contributed by atoms with Gasteiger partial charge < -0.3 is 9.47 Å². The summed E-state index contributed by atoms with van der Waals surface area (Å²) in [6.45, 7) is 4.64. The molecule has 1 saturated heterocycles. The summed E-state index contributed by atoms with van der Waals surface area (Å²) in [5.41, 5.74) is 3.45. The molecule has 0 aromatic heterocycles. The van der Waals surface area contributed by atoms with Crippen LogP contribution in [-0.4, -0.2) is 35.5 Å². The van der Waals surface area contributed by atoms with Crippen LogP contribution in [0.25, 0.3) is 0 Å². The third kappa shape index (κ3) is 10.8. The van der Waals surface area contributed by atoms with Crippen LogP contribution in [0.4, 0.5) is 0 Å². The van der Waals surface area contributed by atoms with Crippen molar-refractivity contribution < 1.29 is 14.3 Å². The molecule has 1 aliphatic rings. The first-order valence-corrected chi connectivity index (χ1v) is 16.4. The summed E-state index contributed by atoms with van der Waals surface area (Å²) in [5, 5.41) is 0. The van der Waals surface area contributed by atoms with Crippen molar-refractivity contribution in [1.29, 1.82) is 0 Å². The van der Waals surface area contributed by atoms with E-state index in [1.54, 1.807) is 0 Å². The molecule has 0 amide bonds. The minimum atomic E-state index is -0.312. The van der Waals surface area contributed by atoms with Gasteiger partial charge in [-0.25, -0.2) is 0 Å². The molecule has 3 atom stereocenters.